The van der Waals surface area contributed by atoms with Crippen molar-refractivity contribution in [3.8, 4) is 0 Å². The second-order valence-corrected chi connectivity index (χ2v) is 8.68. The van der Waals surface area contributed by atoms with Gasteiger partial charge < -0.3 is 4.90 Å². The molecule has 0 N–H and O–H groups in total. The molecule has 1 nitrogen and oxygen atoms in total. The molecule has 1 aromatic rings. The van der Waals surface area contributed by atoms with E-state index in [9.17, 15) is 0 Å². The quantitative estimate of drug-likeness (QED) is 0.675. The predicted octanol–water partition coefficient (Wildman–Crippen LogP) is 4.83. The van der Waals surface area contributed by atoms with Gasteiger partial charge in [-0.05, 0) is 57.7 Å². The highest BCUT2D eigenvalue weighted by atomic mass is 32.2. The summed E-state index contributed by atoms with van der Waals surface area (Å²) < 4.78 is 0. The molecule has 0 bridgehead atoms. The maximum atomic E-state index is 2.62. The van der Waals surface area contributed by atoms with Crippen molar-refractivity contribution in [2.45, 2.75) is 55.4 Å². The highest BCUT2D eigenvalue weighted by Gasteiger charge is 2.27. The van der Waals surface area contributed by atoms with Crippen LogP contribution in [-0.4, -0.2) is 23.6 Å². The number of anilines is 1. The Kier molecular flexibility index (Phi) is 3.78. The smallest absolute Gasteiger partial charge is 0.0415 e. The van der Waals surface area contributed by atoms with Crippen LogP contribution in [0.4, 0.5) is 5.69 Å². The van der Waals surface area contributed by atoms with Gasteiger partial charge in [0.05, 0.1) is 0 Å². The van der Waals surface area contributed by atoms with Crippen molar-refractivity contribution in [3.63, 3.8) is 0 Å². The van der Waals surface area contributed by atoms with Crippen molar-refractivity contribution in [3.05, 3.63) is 17.7 Å². The second-order valence-electron chi connectivity index (χ2n) is 6.40. The topological polar surface area (TPSA) is 3.24 Å². The van der Waals surface area contributed by atoms with Crippen LogP contribution >= 0.6 is 23.5 Å². The van der Waals surface area contributed by atoms with Crippen LogP contribution in [0, 0.1) is 0 Å². The van der Waals surface area contributed by atoms with Crippen LogP contribution in [0.2, 0.25) is 0 Å². The van der Waals surface area contributed by atoms with Crippen molar-refractivity contribution in [2.24, 2.45) is 0 Å². The van der Waals surface area contributed by atoms with Crippen molar-refractivity contribution in [2.75, 3.05) is 23.0 Å². The molecular formula is C16H23NS2. The Morgan fingerprint density at radius 1 is 1.00 bits per heavy atom. The van der Waals surface area contributed by atoms with Gasteiger partial charge in [0, 0.05) is 39.1 Å². The molecule has 2 aliphatic rings. The van der Waals surface area contributed by atoms with E-state index in [1.165, 1.54) is 52.8 Å². The molecule has 0 aliphatic carbocycles. The van der Waals surface area contributed by atoms with E-state index in [1.54, 1.807) is 5.56 Å². The SMILES string of the molecule is CC(C)(C)N1CCCCc2cc3c(cc21)SCCS3. The normalized spacial score (nSPS) is 19.6. The van der Waals surface area contributed by atoms with Crippen molar-refractivity contribution in [1.29, 1.82) is 0 Å². The standard InChI is InChI=1S/C16H23NS2/c1-16(2,3)17-7-5-4-6-12-10-14-15(11-13(12)17)19-9-8-18-14/h10-11H,4-9H2,1-3H3. The van der Waals surface area contributed by atoms with Gasteiger partial charge in [0.25, 0.3) is 0 Å². The first-order valence-electron chi connectivity index (χ1n) is 7.26. The Balaban J connectivity index is 2.07. The molecule has 104 valence electrons. The van der Waals surface area contributed by atoms with Crippen LogP contribution in [0.15, 0.2) is 21.9 Å². The van der Waals surface area contributed by atoms with Crippen molar-refractivity contribution in [1.82, 2.24) is 0 Å². The first-order valence-corrected chi connectivity index (χ1v) is 9.23. The average molecular weight is 294 g/mol. The van der Waals surface area contributed by atoms with E-state index in [-0.39, 0.29) is 5.54 Å². The van der Waals surface area contributed by atoms with Crippen LogP contribution in [0.1, 0.15) is 39.2 Å². The predicted molar refractivity (Wildman–Crippen MR) is 87.9 cm³/mol. The van der Waals surface area contributed by atoms with Crippen LogP contribution in [0.25, 0.3) is 0 Å². The second kappa shape index (κ2) is 5.25. The Morgan fingerprint density at radius 2 is 1.68 bits per heavy atom. The van der Waals surface area contributed by atoms with E-state index in [1.807, 2.05) is 23.5 Å². The summed E-state index contributed by atoms with van der Waals surface area (Å²) in [5, 5.41) is 0. The highest BCUT2D eigenvalue weighted by molar-refractivity contribution is 8.05. The Labute approximate surface area is 125 Å². The van der Waals surface area contributed by atoms with Crippen LogP contribution < -0.4 is 4.90 Å². The molecule has 0 fully saturated rings. The van der Waals surface area contributed by atoms with E-state index in [4.69, 9.17) is 0 Å². The van der Waals surface area contributed by atoms with E-state index in [0.717, 1.165) is 0 Å². The van der Waals surface area contributed by atoms with E-state index >= 15 is 0 Å². The third-order valence-corrected chi connectivity index (χ3v) is 6.42. The molecule has 0 saturated carbocycles. The van der Waals surface area contributed by atoms with Gasteiger partial charge >= 0.3 is 0 Å². The molecular weight excluding hydrogens is 270 g/mol. The van der Waals surface area contributed by atoms with Gasteiger partial charge in [0.2, 0.25) is 0 Å². The van der Waals surface area contributed by atoms with E-state index in [0.29, 0.717) is 0 Å². The maximum Gasteiger partial charge on any atom is 0.0415 e. The van der Waals surface area contributed by atoms with Crippen LogP contribution in [0.3, 0.4) is 0 Å². The summed E-state index contributed by atoms with van der Waals surface area (Å²) in [7, 11) is 0. The minimum absolute atomic E-state index is 0.222. The molecule has 2 heterocycles. The summed E-state index contributed by atoms with van der Waals surface area (Å²) in [4.78, 5) is 5.65. The number of aryl methyl sites for hydroxylation is 1. The summed E-state index contributed by atoms with van der Waals surface area (Å²) in [5.74, 6) is 2.52. The van der Waals surface area contributed by atoms with Gasteiger partial charge in [-0.2, -0.15) is 0 Å². The number of nitrogens with zero attached hydrogens (tertiary/aromatic N) is 1. The molecule has 1 aromatic carbocycles. The number of benzene rings is 1. The number of thioether (sulfide) groups is 2. The molecule has 0 radical (unpaired) electrons. The van der Waals surface area contributed by atoms with Crippen molar-refractivity contribution >= 4 is 29.2 Å². The fourth-order valence-corrected chi connectivity index (χ4v) is 5.26. The molecule has 19 heavy (non-hydrogen) atoms. The summed E-state index contributed by atoms with van der Waals surface area (Å²) in [6.45, 7) is 8.21. The molecule has 3 heteroatoms. The zero-order valence-electron chi connectivity index (χ0n) is 12.2. The average Bonchev–Trinajstić information content (AvgIpc) is 2.57. The van der Waals surface area contributed by atoms with Gasteiger partial charge in [-0.25, -0.2) is 0 Å². The van der Waals surface area contributed by atoms with Gasteiger partial charge in [-0.1, -0.05) is 0 Å². The van der Waals surface area contributed by atoms with Gasteiger partial charge in [0.1, 0.15) is 0 Å². The maximum absolute atomic E-state index is 2.62. The lowest BCUT2D eigenvalue weighted by molar-refractivity contribution is 0.498. The lowest BCUT2D eigenvalue weighted by Gasteiger charge is -2.38. The molecule has 2 aliphatic heterocycles. The molecule has 0 saturated heterocycles. The largest absolute Gasteiger partial charge is 0.366 e. The molecule has 0 aromatic heterocycles. The number of rotatable bonds is 0. The van der Waals surface area contributed by atoms with Gasteiger partial charge in [-0.3, -0.25) is 0 Å². The third kappa shape index (κ3) is 2.78. The molecule has 0 atom stereocenters. The molecule has 0 unspecified atom stereocenters. The van der Waals surface area contributed by atoms with Crippen molar-refractivity contribution < 1.29 is 0 Å². The lowest BCUT2D eigenvalue weighted by atomic mass is 10.0. The molecule has 3 rings (SSSR count). The summed E-state index contributed by atoms with van der Waals surface area (Å²) in [5.41, 5.74) is 3.29. The number of hydrogen-bond acceptors (Lipinski definition) is 3. The zero-order valence-corrected chi connectivity index (χ0v) is 13.8. The third-order valence-electron chi connectivity index (χ3n) is 3.92. The molecule has 0 amide bonds. The van der Waals surface area contributed by atoms with Gasteiger partial charge in [-0.15, -0.1) is 23.5 Å². The van der Waals surface area contributed by atoms with Crippen LogP contribution in [0.5, 0.6) is 0 Å². The Morgan fingerprint density at radius 3 is 2.37 bits per heavy atom. The first-order chi connectivity index (χ1) is 9.05. The Bertz CT molecular complexity index is 476. The zero-order chi connectivity index (χ0) is 13.5. The molecule has 0 spiro atoms. The van der Waals surface area contributed by atoms with E-state index < -0.39 is 0 Å². The minimum Gasteiger partial charge on any atom is -0.366 e. The summed E-state index contributed by atoms with van der Waals surface area (Å²) in [6.07, 6.45) is 3.90. The summed E-state index contributed by atoms with van der Waals surface area (Å²) >= 11 is 4.07. The lowest BCUT2D eigenvalue weighted by Crippen LogP contribution is -2.42. The highest BCUT2D eigenvalue weighted by Crippen LogP contribution is 2.43. The Hall–Kier alpha value is -0.280. The summed E-state index contributed by atoms with van der Waals surface area (Å²) in [6, 6.07) is 4.95. The van der Waals surface area contributed by atoms with Gasteiger partial charge in [0.15, 0.2) is 0 Å². The van der Waals surface area contributed by atoms with E-state index in [2.05, 4.69) is 37.8 Å². The fourth-order valence-electron chi connectivity index (χ4n) is 2.97. The first kappa shape index (κ1) is 13.7. The fraction of sp³-hybridized carbons (Fsp3) is 0.625. The van der Waals surface area contributed by atoms with Crippen LogP contribution in [-0.2, 0) is 6.42 Å². The monoisotopic (exact) mass is 293 g/mol. The number of fused-ring (bicyclic) bond motifs is 2. The minimum atomic E-state index is 0.222. The number of hydrogen-bond donors (Lipinski definition) is 0.